The maximum absolute atomic E-state index is 11.3. The lowest BCUT2D eigenvalue weighted by Gasteiger charge is -2.33. The minimum Gasteiger partial charge on any atom is -0.469 e. The third-order valence-electron chi connectivity index (χ3n) is 3.78. The zero-order valence-corrected chi connectivity index (χ0v) is 13.3. The van der Waals surface area contributed by atoms with Gasteiger partial charge in [-0.05, 0) is 40.8 Å². The number of hydrogen-bond acceptors (Lipinski definition) is 5. The normalized spacial score (nSPS) is 15.8. The predicted octanol–water partition coefficient (Wildman–Crippen LogP) is 3.14. The second kappa shape index (κ2) is 6.89. The smallest absolute Gasteiger partial charge is 0.305 e. The molecule has 0 spiro atoms. The van der Waals surface area contributed by atoms with Crippen molar-refractivity contribution in [1.29, 1.82) is 0 Å². The topological polar surface area (TPSA) is 72.7 Å². The van der Waals surface area contributed by atoms with Crippen LogP contribution in [0.15, 0.2) is 22.7 Å². The van der Waals surface area contributed by atoms with E-state index < -0.39 is 4.92 Å². The van der Waals surface area contributed by atoms with Crippen molar-refractivity contribution in [2.75, 3.05) is 25.1 Å². The van der Waals surface area contributed by atoms with Crippen LogP contribution < -0.4 is 4.90 Å². The highest BCUT2D eigenvalue weighted by Gasteiger charge is 2.23. The van der Waals surface area contributed by atoms with Gasteiger partial charge in [-0.2, -0.15) is 0 Å². The Morgan fingerprint density at radius 3 is 2.67 bits per heavy atom. The predicted molar refractivity (Wildman–Crippen MR) is 82.4 cm³/mol. The zero-order valence-electron chi connectivity index (χ0n) is 11.8. The summed E-state index contributed by atoms with van der Waals surface area (Å²) in [6.45, 7) is 1.66. The fraction of sp³-hybridized carbons (Fsp3) is 0.500. The highest BCUT2D eigenvalue weighted by Crippen LogP contribution is 2.33. The molecule has 0 aliphatic carbocycles. The molecule has 7 heteroatoms. The van der Waals surface area contributed by atoms with Gasteiger partial charge in [0.2, 0.25) is 0 Å². The first-order valence-electron chi connectivity index (χ1n) is 6.77. The van der Waals surface area contributed by atoms with Gasteiger partial charge in [-0.15, -0.1) is 0 Å². The molecule has 0 atom stereocenters. The first-order chi connectivity index (χ1) is 10.0. The molecule has 1 aromatic rings. The summed E-state index contributed by atoms with van der Waals surface area (Å²) in [4.78, 5) is 23.8. The summed E-state index contributed by atoms with van der Waals surface area (Å²) in [6, 6.07) is 4.80. The van der Waals surface area contributed by atoms with Crippen molar-refractivity contribution in [2.24, 2.45) is 5.92 Å². The van der Waals surface area contributed by atoms with Gasteiger partial charge in [0.15, 0.2) is 0 Å². The Morgan fingerprint density at radius 2 is 2.14 bits per heavy atom. The molecular weight excluding hydrogens is 340 g/mol. The van der Waals surface area contributed by atoms with E-state index in [1.165, 1.54) is 19.2 Å². The number of carbonyl (C=O) groups is 1. The maximum atomic E-state index is 11.3. The molecule has 1 aliphatic heterocycles. The Hall–Kier alpha value is -1.63. The quantitative estimate of drug-likeness (QED) is 0.470. The van der Waals surface area contributed by atoms with Crippen LogP contribution in [0.5, 0.6) is 0 Å². The average Bonchev–Trinajstić information content (AvgIpc) is 2.48. The van der Waals surface area contributed by atoms with Crippen molar-refractivity contribution in [3.8, 4) is 0 Å². The van der Waals surface area contributed by atoms with E-state index in [2.05, 4.69) is 20.8 Å². The molecule has 0 N–H and O–H groups in total. The molecule has 1 aromatic carbocycles. The van der Waals surface area contributed by atoms with E-state index in [0.717, 1.165) is 36.1 Å². The first-order valence-corrected chi connectivity index (χ1v) is 7.56. The van der Waals surface area contributed by atoms with Crippen LogP contribution in [0, 0.1) is 16.0 Å². The van der Waals surface area contributed by atoms with E-state index in [4.69, 9.17) is 4.74 Å². The van der Waals surface area contributed by atoms with E-state index in [1.54, 1.807) is 6.07 Å². The lowest BCUT2D eigenvalue weighted by molar-refractivity contribution is -0.384. The minimum absolute atomic E-state index is 0.0752. The van der Waals surface area contributed by atoms with Crippen LogP contribution >= 0.6 is 15.9 Å². The second-order valence-corrected chi connectivity index (χ2v) is 5.96. The van der Waals surface area contributed by atoms with Gasteiger partial charge in [0.1, 0.15) is 0 Å². The summed E-state index contributed by atoms with van der Waals surface area (Å²) >= 11 is 3.40. The third kappa shape index (κ3) is 3.93. The number of piperidine rings is 1. The molecule has 21 heavy (non-hydrogen) atoms. The van der Waals surface area contributed by atoms with E-state index >= 15 is 0 Å². The summed E-state index contributed by atoms with van der Waals surface area (Å²) in [6.07, 6.45) is 2.29. The van der Waals surface area contributed by atoms with Gasteiger partial charge in [0.05, 0.1) is 17.7 Å². The molecule has 0 saturated carbocycles. The molecule has 0 unspecified atom stereocenters. The number of anilines is 1. The Balaban J connectivity index is 1.99. The van der Waals surface area contributed by atoms with Crippen LogP contribution in [0.3, 0.4) is 0 Å². The molecule has 0 radical (unpaired) electrons. The van der Waals surface area contributed by atoms with Crippen molar-refractivity contribution in [2.45, 2.75) is 19.3 Å². The van der Waals surface area contributed by atoms with Gasteiger partial charge in [0.25, 0.3) is 5.69 Å². The number of nitrogens with zero attached hydrogens (tertiary/aromatic N) is 2. The molecular formula is C14H17BrN2O4. The number of esters is 1. The Bertz CT molecular complexity index is 542. The average molecular weight is 357 g/mol. The fourth-order valence-corrected chi connectivity index (χ4v) is 3.18. The number of rotatable bonds is 4. The molecule has 1 saturated heterocycles. The standard InChI is InChI=1S/C14H17BrN2O4/c1-21-14(18)8-10-4-6-16(7-5-10)13-3-2-11(17(19)20)9-12(13)15/h2-3,9-10H,4-8H2,1H3. The third-order valence-corrected chi connectivity index (χ3v) is 4.42. The van der Waals surface area contributed by atoms with Crippen molar-refractivity contribution < 1.29 is 14.5 Å². The number of halogens is 1. The molecule has 6 nitrogen and oxygen atoms in total. The van der Waals surface area contributed by atoms with E-state index in [1.807, 2.05) is 0 Å². The first kappa shape index (κ1) is 15.8. The number of benzene rings is 1. The number of non-ortho nitro benzene ring substituents is 1. The monoisotopic (exact) mass is 356 g/mol. The summed E-state index contributed by atoms with van der Waals surface area (Å²) in [5.41, 5.74) is 1.03. The largest absolute Gasteiger partial charge is 0.469 e. The second-order valence-electron chi connectivity index (χ2n) is 5.10. The Kier molecular flexibility index (Phi) is 5.17. The number of nitro benzene ring substituents is 1. The van der Waals surface area contributed by atoms with Gasteiger partial charge >= 0.3 is 5.97 Å². The molecule has 0 amide bonds. The van der Waals surface area contributed by atoms with Crippen LogP contribution in [-0.4, -0.2) is 31.1 Å². The van der Waals surface area contributed by atoms with Crippen LogP contribution in [0.4, 0.5) is 11.4 Å². The molecule has 114 valence electrons. The number of hydrogen-bond donors (Lipinski definition) is 0. The Labute approximate surface area is 131 Å². The van der Waals surface area contributed by atoms with Crippen LogP contribution in [0.25, 0.3) is 0 Å². The van der Waals surface area contributed by atoms with E-state index in [0.29, 0.717) is 12.3 Å². The van der Waals surface area contributed by atoms with Crippen LogP contribution in [0.2, 0.25) is 0 Å². The molecule has 0 bridgehead atoms. The molecule has 1 fully saturated rings. The molecule has 1 aliphatic rings. The lowest BCUT2D eigenvalue weighted by atomic mass is 9.93. The number of nitro groups is 1. The van der Waals surface area contributed by atoms with Gasteiger partial charge in [-0.25, -0.2) is 0 Å². The SMILES string of the molecule is COC(=O)CC1CCN(c2ccc([N+](=O)[O-])cc2Br)CC1. The van der Waals surface area contributed by atoms with Gasteiger partial charge < -0.3 is 9.64 Å². The lowest BCUT2D eigenvalue weighted by Crippen LogP contribution is -2.34. The van der Waals surface area contributed by atoms with E-state index in [9.17, 15) is 14.9 Å². The van der Waals surface area contributed by atoms with Crippen molar-refractivity contribution in [1.82, 2.24) is 0 Å². The molecule has 2 rings (SSSR count). The fourth-order valence-electron chi connectivity index (χ4n) is 2.56. The van der Waals surface area contributed by atoms with Crippen LogP contribution in [0.1, 0.15) is 19.3 Å². The van der Waals surface area contributed by atoms with Gasteiger partial charge in [-0.1, -0.05) is 0 Å². The number of ether oxygens (including phenoxy) is 1. The highest BCUT2D eigenvalue weighted by molar-refractivity contribution is 9.10. The number of carbonyl (C=O) groups excluding carboxylic acids is 1. The molecule has 0 aromatic heterocycles. The van der Waals surface area contributed by atoms with Gasteiger partial charge in [-0.3, -0.25) is 14.9 Å². The summed E-state index contributed by atoms with van der Waals surface area (Å²) in [7, 11) is 1.41. The Morgan fingerprint density at radius 1 is 1.48 bits per heavy atom. The summed E-state index contributed by atoms with van der Waals surface area (Å²) < 4.78 is 5.42. The maximum Gasteiger partial charge on any atom is 0.305 e. The zero-order chi connectivity index (χ0) is 15.4. The van der Waals surface area contributed by atoms with Crippen molar-refractivity contribution in [3.63, 3.8) is 0 Å². The van der Waals surface area contributed by atoms with Crippen LogP contribution in [-0.2, 0) is 9.53 Å². The number of methoxy groups -OCH3 is 1. The molecule has 1 heterocycles. The highest BCUT2D eigenvalue weighted by atomic mass is 79.9. The van der Waals surface area contributed by atoms with Gasteiger partial charge in [0, 0.05) is 36.1 Å². The van der Waals surface area contributed by atoms with Crippen molar-refractivity contribution >= 4 is 33.3 Å². The summed E-state index contributed by atoms with van der Waals surface area (Å²) in [5.74, 6) is 0.190. The minimum atomic E-state index is -0.406. The van der Waals surface area contributed by atoms with Crippen molar-refractivity contribution in [3.05, 3.63) is 32.8 Å². The van der Waals surface area contributed by atoms with E-state index in [-0.39, 0.29) is 11.7 Å². The summed E-state index contributed by atoms with van der Waals surface area (Å²) in [5, 5.41) is 10.7.